The van der Waals surface area contributed by atoms with E-state index >= 15 is 0 Å². The number of fused-ring (bicyclic) bond motifs is 4. The average molecular weight is 551 g/mol. The minimum absolute atomic E-state index is 0.228. The topological polar surface area (TPSA) is 51.2 Å². The van der Waals surface area contributed by atoms with E-state index in [2.05, 4.69) is 28.0 Å². The zero-order chi connectivity index (χ0) is 26.9. The van der Waals surface area contributed by atoms with Crippen LogP contribution in [0, 0.1) is 5.82 Å². The number of piperidine rings is 1. The molecular formula is C31H35FN2O4S. The van der Waals surface area contributed by atoms with E-state index in [1.54, 1.807) is 26.4 Å². The Morgan fingerprint density at radius 1 is 0.974 bits per heavy atom. The quantitative estimate of drug-likeness (QED) is 0.383. The molecular weight excluding hydrogens is 515 g/mol. The summed E-state index contributed by atoms with van der Waals surface area (Å²) in [5.74, 6) is 1.50. The molecule has 1 fully saturated rings. The number of halogens is 1. The van der Waals surface area contributed by atoms with Gasteiger partial charge in [0.2, 0.25) is 11.1 Å². The van der Waals surface area contributed by atoms with E-state index in [9.17, 15) is 8.60 Å². The summed E-state index contributed by atoms with van der Waals surface area (Å²) in [5.41, 5.74) is 6.19. The standard InChI is InChI=1S/C31H35FN2O4S/c1-36-24-10-9-21-11-14-34-20-28-26(18-29(34)27(21)17-24)22(19-33-12-4-3-5-13-33)15-30(37-2)31(28)38-39(35)25-8-6-7-23(32)16-25/h6-10,15-17,29H,3-5,11-14,18-20H2,1-2H3. The summed E-state index contributed by atoms with van der Waals surface area (Å²) in [5, 5.41) is 0. The molecule has 0 N–H and O–H groups in total. The molecule has 0 spiro atoms. The van der Waals surface area contributed by atoms with Gasteiger partial charge in [-0.3, -0.25) is 9.80 Å². The fourth-order valence-electron chi connectivity index (χ4n) is 6.33. The first-order valence-electron chi connectivity index (χ1n) is 13.7. The minimum Gasteiger partial charge on any atom is -0.497 e. The van der Waals surface area contributed by atoms with E-state index in [1.165, 1.54) is 53.6 Å². The maximum absolute atomic E-state index is 13.9. The van der Waals surface area contributed by atoms with Crippen LogP contribution in [0.4, 0.5) is 4.39 Å². The smallest absolute Gasteiger partial charge is 0.240 e. The van der Waals surface area contributed by atoms with Crippen LogP contribution >= 0.6 is 0 Å². The highest BCUT2D eigenvalue weighted by Crippen LogP contribution is 2.46. The Labute approximate surface area is 232 Å². The number of likely N-dealkylation sites (tertiary alicyclic amines) is 1. The number of hydrogen-bond acceptors (Lipinski definition) is 6. The highest BCUT2D eigenvalue weighted by Gasteiger charge is 2.36. The number of nitrogens with zero attached hydrogens (tertiary/aromatic N) is 2. The Balaban J connectivity index is 1.42. The zero-order valence-electron chi connectivity index (χ0n) is 22.6. The molecule has 0 bridgehead atoms. The summed E-state index contributed by atoms with van der Waals surface area (Å²) in [6, 6.07) is 14.5. The number of ether oxygens (including phenoxy) is 2. The number of benzene rings is 3. The molecule has 3 aliphatic heterocycles. The third-order valence-electron chi connectivity index (χ3n) is 8.35. The van der Waals surface area contributed by atoms with E-state index in [0.717, 1.165) is 50.3 Å². The molecule has 3 aromatic carbocycles. The molecule has 3 aromatic rings. The van der Waals surface area contributed by atoms with Crippen molar-refractivity contribution in [1.82, 2.24) is 9.80 Å². The van der Waals surface area contributed by atoms with Gasteiger partial charge in [0.05, 0.1) is 19.1 Å². The largest absolute Gasteiger partial charge is 0.497 e. The minimum atomic E-state index is -1.88. The lowest BCUT2D eigenvalue weighted by Gasteiger charge is -2.43. The van der Waals surface area contributed by atoms with E-state index in [-0.39, 0.29) is 10.9 Å². The van der Waals surface area contributed by atoms with Crippen molar-refractivity contribution in [3.63, 3.8) is 0 Å². The zero-order valence-corrected chi connectivity index (χ0v) is 23.4. The summed E-state index contributed by atoms with van der Waals surface area (Å²) in [6.45, 7) is 4.62. The predicted molar refractivity (Wildman–Crippen MR) is 149 cm³/mol. The van der Waals surface area contributed by atoms with Crippen molar-refractivity contribution in [3.05, 3.63) is 82.2 Å². The normalized spacial score (nSPS) is 19.9. The van der Waals surface area contributed by atoms with Crippen LogP contribution in [0.5, 0.6) is 17.2 Å². The lowest BCUT2D eigenvalue weighted by molar-refractivity contribution is 0.157. The highest BCUT2D eigenvalue weighted by atomic mass is 32.2. The molecule has 8 heteroatoms. The van der Waals surface area contributed by atoms with Crippen LogP contribution in [0.15, 0.2) is 53.4 Å². The molecule has 3 heterocycles. The number of hydrogen-bond donors (Lipinski definition) is 0. The molecule has 2 atom stereocenters. The van der Waals surface area contributed by atoms with Crippen LogP contribution in [-0.4, -0.2) is 47.9 Å². The van der Waals surface area contributed by atoms with Gasteiger partial charge in [0, 0.05) is 31.2 Å². The molecule has 2 unspecified atom stereocenters. The van der Waals surface area contributed by atoms with E-state index in [0.29, 0.717) is 18.0 Å². The number of methoxy groups -OCH3 is 2. The molecule has 0 amide bonds. The Hall–Kier alpha value is -2.94. The van der Waals surface area contributed by atoms with Crippen molar-refractivity contribution in [1.29, 1.82) is 0 Å². The molecule has 39 heavy (non-hydrogen) atoms. The van der Waals surface area contributed by atoms with Gasteiger partial charge in [0.15, 0.2) is 11.5 Å². The summed E-state index contributed by atoms with van der Waals surface area (Å²) in [7, 11) is 3.34. The lowest BCUT2D eigenvalue weighted by atomic mass is 9.81. The Bertz CT molecular complexity index is 1390. The summed E-state index contributed by atoms with van der Waals surface area (Å²) < 4.78 is 44.7. The molecule has 0 aliphatic carbocycles. The first-order valence-corrected chi connectivity index (χ1v) is 14.8. The van der Waals surface area contributed by atoms with Gasteiger partial charge in [-0.15, -0.1) is 0 Å². The molecule has 0 saturated carbocycles. The summed E-state index contributed by atoms with van der Waals surface area (Å²) in [4.78, 5) is 5.29. The Morgan fingerprint density at radius 3 is 2.59 bits per heavy atom. The first kappa shape index (κ1) is 26.3. The van der Waals surface area contributed by atoms with Crippen LogP contribution in [-0.2, 0) is 37.0 Å². The fraction of sp³-hybridized carbons (Fsp3) is 0.419. The summed E-state index contributed by atoms with van der Waals surface area (Å²) in [6.07, 6.45) is 5.51. The second-order valence-electron chi connectivity index (χ2n) is 10.6. The van der Waals surface area contributed by atoms with Crippen LogP contribution in [0.2, 0.25) is 0 Å². The molecule has 206 valence electrons. The van der Waals surface area contributed by atoms with Crippen LogP contribution in [0.3, 0.4) is 0 Å². The molecule has 3 aliphatic rings. The fourth-order valence-corrected chi connectivity index (χ4v) is 7.16. The van der Waals surface area contributed by atoms with Crippen LogP contribution in [0.1, 0.15) is 53.1 Å². The van der Waals surface area contributed by atoms with Crippen LogP contribution in [0.25, 0.3) is 0 Å². The maximum atomic E-state index is 13.9. The maximum Gasteiger partial charge on any atom is 0.240 e. The third kappa shape index (κ3) is 5.30. The third-order valence-corrected chi connectivity index (χ3v) is 9.30. The van der Waals surface area contributed by atoms with Crippen molar-refractivity contribution in [2.45, 2.75) is 56.1 Å². The van der Waals surface area contributed by atoms with Gasteiger partial charge < -0.3 is 13.7 Å². The van der Waals surface area contributed by atoms with Gasteiger partial charge in [-0.25, -0.2) is 8.60 Å². The Morgan fingerprint density at radius 2 is 1.82 bits per heavy atom. The monoisotopic (exact) mass is 550 g/mol. The van der Waals surface area contributed by atoms with Crippen molar-refractivity contribution < 1.29 is 22.3 Å². The van der Waals surface area contributed by atoms with Gasteiger partial charge in [-0.1, -0.05) is 18.6 Å². The second kappa shape index (κ2) is 11.3. The van der Waals surface area contributed by atoms with Crippen molar-refractivity contribution in [3.8, 4) is 17.2 Å². The molecule has 0 aromatic heterocycles. The van der Waals surface area contributed by atoms with E-state index in [1.807, 2.05) is 6.07 Å². The van der Waals surface area contributed by atoms with E-state index in [4.69, 9.17) is 13.7 Å². The predicted octanol–water partition coefficient (Wildman–Crippen LogP) is 5.59. The van der Waals surface area contributed by atoms with Crippen molar-refractivity contribution in [2.75, 3.05) is 33.9 Å². The van der Waals surface area contributed by atoms with Crippen LogP contribution < -0.4 is 13.7 Å². The average Bonchev–Trinajstić information content (AvgIpc) is 2.97. The van der Waals surface area contributed by atoms with Gasteiger partial charge >= 0.3 is 0 Å². The van der Waals surface area contributed by atoms with E-state index < -0.39 is 16.9 Å². The molecule has 6 nitrogen and oxygen atoms in total. The van der Waals surface area contributed by atoms with Gasteiger partial charge in [0.25, 0.3) is 0 Å². The summed E-state index contributed by atoms with van der Waals surface area (Å²) >= 11 is -1.88. The SMILES string of the molecule is COc1ccc2c(c1)C1Cc3c(CN4CCCCC4)cc(OC)c(OS(=O)c4cccc(F)c4)c3CN1CC2. The van der Waals surface area contributed by atoms with Gasteiger partial charge in [-0.2, -0.15) is 0 Å². The van der Waals surface area contributed by atoms with Crippen molar-refractivity contribution >= 4 is 11.1 Å². The molecule has 0 radical (unpaired) electrons. The first-order chi connectivity index (χ1) is 19.0. The van der Waals surface area contributed by atoms with Crippen molar-refractivity contribution in [2.24, 2.45) is 0 Å². The highest BCUT2D eigenvalue weighted by molar-refractivity contribution is 7.80. The van der Waals surface area contributed by atoms with Gasteiger partial charge in [0.1, 0.15) is 11.6 Å². The lowest BCUT2D eigenvalue weighted by Crippen LogP contribution is -2.40. The van der Waals surface area contributed by atoms with Gasteiger partial charge in [-0.05, 0) is 97.4 Å². The number of rotatable bonds is 7. The molecule has 6 rings (SSSR count). The Kier molecular flexibility index (Phi) is 7.60. The second-order valence-corrected chi connectivity index (χ2v) is 11.7. The molecule has 1 saturated heterocycles.